The van der Waals surface area contributed by atoms with Gasteiger partial charge in [-0.1, -0.05) is 140 Å². The van der Waals surface area contributed by atoms with Crippen LogP contribution in [0.4, 0.5) is 0 Å². The van der Waals surface area contributed by atoms with Crippen molar-refractivity contribution in [2.24, 2.45) is 0 Å². The Bertz CT molecular complexity index is 2900. The van der Waals surface area contributed by atoms with E-state index in [1.54, 1.807) is 0 Å². The molecule has 1 heterocycles. The molecule has 9 aromatic rings. The zero-order valence-electron chi connectivity index (χ0n) is 30.5. The van der Waals surface area contributed by atoms with Crippen LogP contribution in [0.2, 0.25) is 0 Å². The third-order valence-corrected chi connectivity index (χ3v) is 11.8. The second-order valence-electron chi connectivity index (χ2n) is 15.6. The summed E-state index contributed by atoms with van der Waals surface area (Å²) in [5.74, 6) is 0. The maximum Gasteiger partial charge on any atom is 0.494 e. The van der Waals surface area contributed by atoms with E-state index in [-0.39, 0.29) is 18.3 Å². The molecule has 1 fully saturated rings. The van der Waals surface area contributed by atoms with E-state index in [0.29, 0.717) is 0 Å². The second-order valence-corrected chi connectivity index (χ2v) is 15.6. The van der Waals surface area contributed by atoms with E-state index >= 15 is 0 Å². The third-order valence-electron chi connectivity index (χ3n) is 11.8. The molecule has 0 aromatic heterocycles. The highest BCUT2D eigenvalue weighted by Crippen LogP contribution is 2.46. The van der Waals surface area contributed by atoms with Crippen LogP contribution in [0.3, 0.4) is 0 Å². The molecule has 10 rings (SSSR count). The molecule has 9 aromatic carbocycles. The largest absolute Gasteiger partial charge is 0.494 e. The van der Waals surface area contributed by atoms with Crippen molar-refractivity contribution in [2.45, 2.75) is 38.9 Å². The fraction of sp³-hybridized carbons (Fsp3) is 0.120. The van der Waals surface area contributed by atoms with Crippen molar-refractivity contribution in [2.75, 3.05) is 0 Å². The standard InChI is InChI=1S/C50H39BO2/c1-49(2)50(3,4)53-51(52-49)42-25-23-37-27-36(19-20-38(37)30-42)39-24-26-45-46(31-39)48(41-22-18-33-12-6-8-14-35(33)29-41)44-16-10-9-15-43(44)47(45)40-21-17-32-11-5-7-13-34(32)28-40/h5-31H,1-4H3. The first-order valence-electron chi connectivity index (χ1n) is 18.6. The van der Waals surface area contributed by atoms with Crippen molar-refractivity contribution in [1.29, 1.82) is 0 Å². The summed E-state index contributed by atoms with van der Waals surface area (Å²) in [4.78, 5) is 0. The maximum atomic E-state index is 6.38. The summed E-state index contributed by atoms with van der Waals surface area (Å²) in [6.07, 6.45) is 0. The highest BCUT2D eigenvalue weighted by atomic mass is 16.7. The van der Waals surface area contributed by atoms with Gasteiger partial charge in [0.25, 0.3) is 0 Å². The lowest BCUT2D eigenvalue weighted by molar-refractivity contribution is 0.00578. The summed E-state index contributed by atoms with van der Waals surface area (Å²) >= 11 is 0. The number of hydrogen-bond donors (Lipinski definition) is 0. The fourth-order valence-corrected chi connectivity index (χ4v) is 8.24. The Morgan fingerprint density at radius 1 is 0.340 bits per heavy atom. The van der Waals surface area contributed by atoms with Gasteiger partial charge in [-0.15, -0.1) is 0 Å². The van der Waals surface area contributed by atoms with Crippen molar-refractivity contribution in [3.05, 3.63) is 164 Å². The molecule has 0 bridgehead atoms. The summed E-state index contributed by atoms with van der Waals surface area (Å²) in [7, 11) is -0.385. The van der Waals surface area contributed by atoms with Gasteiger partial charge < -0.3 is 9.31 Å². The fourth-order valence-electron chi connectivity index (χ4n) is 8.24. The minimum atomic E-state index is -0.385. The van der Waals surface area contributed by atoms with Crippen molar-refractivity contribution in [3.8, 4) is 33.4 Å². The molecule has 0 amide bonds. The van der Waals surface area contributed by atoms with E-state index in [2.05, 4.69) is 191 Å². The molecule has 0 unspecified atom stereocenters. The maximum absolute atomic E-state index is 6.38. The molecular weight excluding hydrogens is 643 g/mol. The Morgan fingerprint density at radius 2 is 0.736 bits per heavy atom. The molecule has 0 aliphatic carbocycles. The minimum absolute atomic E-state index is 0.377. The Kier molecular flexibility index (Phi) is 7.17. The van der Waals surface area contributed by atoms with Crippen LogP contribution < -0.4 is 5.46 Å². The van der Waals surface area contributed by atoms with E-state index in [1.165, 1.54) is 87.2 Å². The normalized spacial score (nSPS) is 15.3. The molecule has 2 nitrogen and oxygen atoms in total. The van der Waals surface area contributed by atoms with Gasteiger partial charge in [0.2, 0.25) is 0 Å². The molecule has 0 saturated carbocycles. The Hall–Kier alpha value is -5.74. The van der Waals surface area contributed by atoms with Gasteiger partial charge in [0.1, 0.15) is 0 Å². The highest BCUT2D eigenvalue weighted by molar-refractivity contribution is 6.62. The van der Waals surface area contributed by atoms with Crippen LogP contribution >= 0.6 is 0 Å². The Morgan fingerprint density at radius 3 is 1.36 bits per heavy atom. The van der Waals surface area contributed by atoms with E-state index in [0.717, 1.165) is 5.46 Å². The quantitative estimate of drug-likeness (QED) is 0.136. The number of benzene rings is 9. The number of hydrogen-bond acceptors (Lipinski definition) is 2. The van der Waals surface area contributed by atoms with Gasteiger partial charge in [-0.05, 0) is 145 Å². The van der Waals surface area contributed by atoms with Gasteiger partial charge >= 0.3 is 7.12 Å². The molecule has 3 heteroatoms. The second kappa shape index (κ2) is 11.9. The first-order valence-corrected chi connectivity index (χ1v) is 18.6. The van der Waals surface area contributed by atoms with Crippen molar-refractivity contribution in [1.82, 2.24) is 0 Å². The summed E-state index contributed by atoms with van der Waals surface area (Å²) in [5.41, 5.74) is 7.65. The molecule has 0 N–H and O–H groups in total. The summed E-state index contributed by atoms with van der Waals surface area (Å²) in [6, 6.07) is 60.4. The molecule has 0 spiro atoms. The predicted molar refractivity (Wildman–Crippen MR) is 226 cm³/mol. The van der Waals surface area contributed by atoms with Gasteiger partial charge in [0.05, 0.1) is 11.2 Å². The van der Waals surface area contributed by atoms with Gasteiger partial charge in [-0.25, -0.2) is 0 Å². The minimum Gasteiger partial charge on any atom is -0.399 e. The van der Waals surface area contributed by atoms with Crippen molar-refractivity contribution >= 4 is 66.4 Å². The van der Waals surface area contributed by atoms with Gasteiger partial charge in [-0.3, -0.25) is 0 Å². The van der Waals surface area contributed by atoms with Gasteiger partial charge in [0.15, 0.2) is 0 Å². The molecular formula is C50H39BO2. The molecule has 254 valence electrons. The zero-order valence-corrected chi connectivity index (χ0v) is 30.5. The number of fused-ring (bicyclic) bond motifs is 5. The van der Waals surface area contributed by atoms with Crippen LogP contribution in [0.25, 0.3) is 87.2 Å². The molecule has 1 aliphatic heterocycles. The van der Waals surface area contributed by atoms with Crippen LogP contribution in [-0.2, 0) is 9.31 Å². The molecule has 1 aliphatic rings. The van der Waals surface area contributed by atoms with E-state index in [1.807, 2.05) is 0 Å². The first kappa shape index (κ1) is 32.0. The SMILES string of the molecule is CC1(C)OB(c2ccc3cc(-c4ccc5c(-c6ccc7ccccc7c6)c6ccccc6c(-c6ccc7ccccc7c6)c5c4)ccc3c2)OC1(C)C. The van der Waals surface area contributed by atoms with E-state index in [9.17, 15) is 0 Å². The van der Waals surface area contributed by atoms with Crippen LogP contribution in [0.5, 0.6) is 0 Å². The first-order chi connectivity index (χ1) is 25.7. The monoisotopic (exact) mass is 682 g/mol. The summed E-state index contributed by atoms with van der Waals surface area (Å²) in [6.45, 7) is 8.40. The zero-order chi connectivity index (χ0) is 35.9. The lowest BCUT2D eigenvalue weighted by Gasteiger charge is -2.32. The molecule has 0 atom stereocenters. The Balaban J connectivity index is 1.17. The smallest absolute Gasteiger partial charge is 0.399 e. The summed E-state index contributed by atoms with van der Waals surface area (Å²) in [5, 5.41) is 12.3. The average molecular weight is 683 g/mol. The van der Waals surface area contributed by atoms with Crippen LogP contribution in [0.15, 0.2) is 164 Å². The van der Waals surface area contributed by atoms with Crippen LogP contribution in [-0.4, -0.2) is 18.3 Å². The van der Waals surface area contributed by atoms with Crippen molar-refractivity contribution < 1.29 is 9.31 Å². The molecule has 53 heavy (non-hydrogen) atoms. The van der Waals surface area contributed by atoms with Crippen LogP contribution in [0, 0.1) is 0 Å². The average Bonchev–Trinajstić information content (AvgIpc) is 3.41. The topological polar surface area (TPSA) is 18.5 Å². The van der Waals surface area contributed by atoms with Gasteiger partial charge in [0, 0.05) is 0 Å². The third kappa shape index (κ3) is 5.26. The van der Waals surface area contributed by atoms with Crippen LogP contribution in [0.1, 0.15) is 27.7 Å². The van der Waals surface area contributed by atoms with E-state index < -0.39 is 0 Å². The molecule has 1 saturated heterocycles. The van der Waals surface area contributed by atoms with E-state index in [4.69, 9.17) is 9.31 Å². The predicted octanol–water partition coefficient (Wildman–Crippen LogP) is 12.8. The summed E-state index contributed by atoms with van der Waals surface area (Å²) < 4.78 is 12.8. The van der Waals surface area contributed by atoms with Gasteiger partial charge in [-0.2, -0.15) is 0 Å². The Labute approximate surface area is 310 Å². The van der Waals surface area contributed by atoms with Crippen molar-refractivity contribution in [3.63, 3.8) is 0 Å². The number of rotatable bonds is 4. The lowest BCUT2D eigenvalue weighted by atomic mass is 9.78. The molecule has 0 radical (unpaired) electrons. The lowest BCUT2D eigenvalue weighted by Crippen LogP contribution is -2.41. The highest BCUT2D eigenvalue weighted by Gasteiger charge is 2.51.